The number of hydrogen-bond acceptors (Lipinski definition) is 2. The molecular weight excluding hydrogens is 372 g/mol. The molecule has 4 nitrogen and oxygen atoms in total. The van der Waals surface area contributed by atoms with E-state index in [-0.39, 0.29) is 17.9 Å². The first-order valence-electron chi connectivity index (χ1n) is 11.3. The molecular formula is C26H32N2O2. The lowest BCUT2D eigenvalue weighted by Gasteiger charge is -2.44. The summed E-state index contributed by atoms with van der Waals surface area (Å²) in [7, 11) is 0. The van der Waals surface area contributed by atoms with Crippen LogP contribution in [-0.4, -0.2) is 28.3 Å². The standard InChI is InChI=1S/C26H32N2O2/c1-26(25(30)27-22-15-8-3-2-4-9-16-22)18-21-14-10-11-17-23(21)24(29)28(26)19-20-12-6-5-7-13-20/h5-7,10-14,17,22H,2-4,8-9,15-16,18-19H2,1H3,(H,27,30)/t26-/m1/s1. The average molecular weight is 405 g/mol. The van der Waals surface area contributed by atoms with Gasteiger partial charge in [0.25, 0.3) is 5.91 Å². The van der Waals surface area contributed by atoms with Crippen molar-refractivity contribution in [1.82, 2.24) is 10.2 Å². The van der Waals surface area contributed by atoms with Gasteiger partial charge in [-0.3, -0.25) is 9.59 Å². The molecule has 30 heavy (non-hydrogen) atoms. The van der Waals surface area contributed by atoms with Crippen LogP contribution in [-0.2, 0) is 17.8 Å². The molecule has 0 radical (unpaired) electrons. The van der Waals surface area contributed by atoms with Crippen LogP contribution in [0, 0.1) is 0 Å². The zero-order chi connectivity index (χ0) is 21.0. The van der Waals surface area contributed by atoms with Crippen LogP contribution in [0.25, 0.3) is 0 Å². The minimum atomic E-state index is -0.899. The van der Waals surface area contributed by atoms with Crippen LogP contribution >= 0.6 is 0 Å². The number of nitrogens with zero attached hydrogens (tertiary/aromatic N) is 1. The smallest absolute Gasteiger partial charge is 0.255 e. The van der Waals surface area contributed by atoms with Crippen LogP contribution in [0.15, 0.2) is 54.6 Å². The molecule has 2 aromatic carbocycles. The van der Waals surface area contributed by atoms with Crippen LogP contribution in [0.2, 0.25) is 0 Å². The van der Waals surface area contributed by atoms with Gasteiger partial charge in [-0.05, 0) is 37.0 Å². The molecule has 1 atom stereocenters. The zero-order valence-corrected chi connectivity index (χ0v) is 17.9. The molecule has 1 heterocycles. The van der Waals surface area contributed by atoms with E-state index in [9.17, 15) is 9.59 Å². The maximum Gasteiger partial charge on any atom is 0.255 e. The van der Waals surface area contributed by atoms with Gasteiger partial charge < -0.3 is 10.2 Å². The molecule has 1 aliphatic heterocycles. The minimum absolute atomic E-state index is 0.0214. The van der Waals surface area contributed by atoms with Gasteiger partial charge in [-0.15, -0.1) is 0 Å². The summed E-state index contributed by atoms with van der Waals surface area (Å²) in [4.78, 5) is 28.9. The minimum Gasteiger partial charge on any atom is -0.351 e. The van der Waals surface area contributed by atoms with Crippen LogP contribution in [0.5, 0.6) is 0 Å². The first-order valence-corrected chi connectivity index (χ1v) is 11.3. The molecule has 2 amide bonds. The van der Waals surface area contributed by atoms with Gasteiger partial charge in [-0.2, -0.15) is 0 Å². The maximum atomic E-state index is 13.6. The highest BCUT2D eigenvalue weighted by atomic mass is 16.2. The third kappa shape index (κ3) is 4.28. The second-order valence-corrected chi connectivity index (χ2v) is 9.00. The van der Waals surface area contributed by atoms with Crippen molar-refractivity contribution in [2.24, 2.45) is 0 Å². The van der Waals surface area contributed by atoms with E-state index in [0.717, 1.165) is 36.8 Å². The predicted molar refractivity (Wildman–Crippen MR) is 119 cm³/mol. The monoisotopic (exact) mass is 404 g/mol. The number of hydrogen-bond donors (Lipinski definition) is 1. The Morgan fingerprint density at radius 2 is 1.60 bits per heavy atom. The van der Waals surface area contributed by atoms with E-state index in [1.807, 2.05) is 61.5 Å². The number of carbonyl (C=O) groups is 2. The summed E-state index contributed by atoms with van der Waals surface area (Å²) in [6.45, 7) is 2.37. The maximum absolute atomic E-state index is 13.6. The fourth-order valence-electron chi connectivity index (χ4n) is 4.88. The van der Waals surface area contributed by atoms with Crippen LogP contribution < -0.4 is 5.32 Å². The molecule has 0 saturated heterocycles. The molecule has 4 rings (SSSR count). The summed E-state index contributed by atoms with van der Waals surface area (Å²) >= 11 is 0. The molecule has 1 N–H and O–H groups in total. The van der Waals surface area contributed by atoms with Crippen molar-refractivity contribution in [2.45, 2.75) is 76.4 Å². The van der Waals surface area contributed by atoms with Gasteiger partial charge in [0.05, 0.1) is 0 Å². The van der Waals surface area contributed by atoms with Gasteiger partial charge in [-0.25, -0.2) is 0 Å². The summed E-state index contributed by atoms with van der Waals surface area (Å²) in [6.07, 6.45) is 8.73. The SMILES string of the molecule is C[C@]1(C(=O)NC2CCCCCCC2)Cc2ccccc2C(=O)N1Cc1ccccc1. The van der Waals surface area contributed by atoms with Crippen molar-refractivity contribution < 1.29 is 9.59 Å². The normalized spacial score (nSPS) is 22.7. The van der Waals surface area contributed by atoms with E-state index in [2.05, 4.69) is 5.32 Å². The fraction of sp³-hybridized carbons (Fsp3) is 0.462. The number of amides is 2. The summed E-state index contributed by atoms with van der Waals surface area (Å²) in [6, 6.07) is 17.9. The molecule has 0 spiro atoms. The quantitative estimate of drug-likeness (QED) is 0.790. The first-order chi connectivity index (χ1) is 14.6. The van der Waals surface area contributed by atoms with Gasteiger partial charge in [0.1, 0.15) is 5.54 Å². The molecule has 0 unspecified atom stereocenters. The highest BCUT2D eigenvalue weighted by molar-refractivity contribution is 6.02. The molecule has 1 saturated carbocycles. The van der Waals surface area contributed by atoms with Crippen molar-refractivity contribution in [3.8, 4) is 0 Å². The topological polar surface area (TPSA) is 49.4 Å². The molecule has 1 fully saturated rings. The Balaban J connectivity index is 1.62. The van der Waals surface area contributed by atoms with Crippen molar-refractivity contribution >= 4 is 11.8 Å². The summed E-state index contributed by atoms with van der Waals surface area (Å²) < 4.78 is 0. The van der Waals surface area contributed by atoms with Crippen LogP contribution in [0.1, 0.15) is 73.4 Å². The van der Waals surface area contributed by atoms with Crippen molar-refractivity contribution in [2.75, 3.05) is 0 Å². The van der Waals surface area contributed by atoms with E-state index in [1.165, 1.54) is 19.3 Å². The van der Waals surface area contributed by atoms with E-state index in [0.29, 0.717) is 18.5 Å². The first kappa shape index (κ1) is 20.6. The van der Waals surface area contributed by atoms with Gasteiger partial charge in [0.2, 0.25) is 5.91 Å². The third-order valence-corrected chi connectivity index (χ3v) is 6.74. The average Bonchev–Trinajstić information content (AvgIpc) is 2.73. The van der Waals surface area contributed by atoms with Gasteiger partial charge in [0, 0.05) is 24.6 Å². The molecule has 158 valence electrons. The number of carbonyl (C=O) groups excluding carboxylic acids is 2. The van der Waals surface area contributed by atoms with Crippen LogP contribution in [0.4, 0.5) is 0 Å². The second-order valence-electron chi connectivity index (χ2n) is 9.00. The molecule has 0 aromatic heterocycles. The predicted octanol–water partition coefficient (Wildman–Crippen LogP) is 4.87. The molecule has 4 heteroatoms. The lowest BCUT2D eigenvalue weighted by Crippen LogP contribution is -2.63. The number of benzene rings is 2. The molecule has 2 aliphatic rings. The highest BCUT2D eigenvalue weighted by Crippen LogP contribution is 2.33. The fourth-order valence-corrected chi connectivity index (χ4v) is 4.88. The second kappa shape index (κ2) is 9.03. The summed E-state index contributed by atoms with van der Waals surface area (Å²) in [5, 5.41) is 3.33. The van der Waals surface area contributed by atoms with E-state index in [4.69, 9.17) is 0 Å². The van der Waals surface area contributed by atoms with Crippen molar-refractivity contribution in [3.63, 3.8) is 0 Å². The Bertz CT molecular complexity index is 887. The van der Waals surface area contributed by atoms with E-state index in [1.54, 1.807) is 4.90 Å². The highest BCUT2D eigenvalue weighted by Gasteiger charge is 2.47. The Labute approximate surface area is 179 Å². The largest absolute Gasteiger partial charge is 0.351 e. The Morgan fingerprint density at radius 3 is 2.33 bits per heavy atom. The van der Waals surface area contributed by atoms with Gasteiger partial charge >= 0.3 is 0 Å². The third-order valence-electron chi connectivity index (χ3n) is 6.74. The summed E-state index contributed by atoms with van der Waals surface area (Å²) in [5.74, 6) is -0.0807. The lowest BCUT2D eigenvalue weighted by molar-refractivity contribution is -0.132. The molecule has 2 aromatic rings. The Kier molecular flexibility index (Phi) is 6.21. The van der Waals surface area contributed by atoms with Crippen molar-refractivity contribution in [3.05, 3.63) is 71.3 Å². The Morgan fingerprint density at radius 1 is 0.967 bits per heavy atom. The molecule has 0 bridgehead atoms. The summed E-state index contributed by atoms with van der Waals surface area (Å²) in [5.41, 5.74) is 1.81. The Hall–Kier alpha value is -2.62. The van der Waals surface area contributed by atoms with Gasteiger partial charge in [0.15, 0.2) is 0 Å². The van der Waals surface area contributed by atoms with E-state index < -0.39 is 5.54 Å². The number of nitrogens with one attached hydrogen (secondary N) is 1. The zero-order valence-electron chi connectivity index (χ0n) is 17.9. The van der Waals surface area contributed by atoms with E-state index >= 15 is 0 Å². The molecule has 1 aliphatic carbocycles. The van der Waals surface area contributed by atoms with Crippen molar-refractivity contribution in [1.29, 1.82) is 0 Å². The number of fused-ring (bicyclic) bond motifs is 1. The lowest BCUT2D eigenvalue weighted by atomic mass is 9.82. The van der Waals surface area contributed by atoms with Crippen LogP contribution in [0.3, 0.4) is 0 Å². The van der Waals surface area contributed by atoms with Gasteiger partial charge in [-0.1, -0.05) is 80.6 Å². The number of rotatable bonds is 4.